The van der Waals surface area contributed by atoms with Crippen molar-refractivity contribution >= 4 is 17.8 Å². The van der Waals surface area contributed by atoms with Crippen LogP contribution in [0.25, 0.3) is 0 Å². The van der Waals surface area contributed by atoms with Crippen molar-refractivity contribution in [1.29, 1.82) is 0 Å². The lowest BCUT2D eigenvalue weighted by Crippen LogP contribution is -2.37. The number of nitrogens with one attached hydrogen (secondary N) is 2. The Morgan fingerprint density at radius 3 is 2.68 bits per heavy atom. The Morgan fingerprint density at radius 1 is 1.21 bits per heavy atom. The summed E-state index contributed by atoms with van der Waals surface area (Å²) < 4.78 is 5.19. The number of benzene rings is 1. The van der Waals surface area contributed by atoms with Crippen LogP contribution in [0.1, 0.15) is 13.3 Å². The maximum Gasteiger partial charge on any atom is 0.314 e. The van der Waals surface area contributed by atoms with Gasteiger partial charge in [0.25, 0.3) is 0 Å². The normalized spacial score (nSPS) is 10.2. The van der Waals surface area contributed by atoms with Gasteiger partial charge in [-0.15, -0.1) is 11.8 Å². The van der Waals surface area contributed by atoms with Crippen LogP contribution in [0.4, 0.5) is 4.79 Å². The molecule has 0 aromatic heterocycles. The summed E-state index contributed by atoms with van der Waals surface area (Å²) in [6, 6.07) is 10.1. The molecule has 1 aromatic carbocycles. The van der Waals surface area contributed by atoms with Gasteiger partial charge in [0, 0.05) is 37.0 Å². The molecular formula is C14H22N2O2S. The number of thioether (sulfide) groups is 1. The van der Waals surface area contributed by atoms with Gasteiger partial charge in [-0.05, 0) is 25.5 Å². The second-order valence-corrected chi connectivity index (χ2v) is 5.06. The highest BCUT2D eigenvalue weighted by Crippen LogP contribution is 2.15. The molecule has 0 saturated heterocycles. The van der Waals surface area contributed by atoms with Crippen molar-refractivity contribution in [3.63, 3.8) is 0 Å². The number of ether oxygens (including phenoxy) is 1. The van der Waals surface area contributed by atoms with Crippen molar-refractivity contribution in [2.24, 2.45) is 0 Å². The third kappa shape index (κ3) is 8.51. The summed E-state index contributed by atoms with van der Waals surface area (Å²) in [5, 5.41) is 5.63. The fourth-order valence-corrected chi connectivity index (χ4v) is 2.22. The molecule has 2 N–H and O–H groups in total. The largest absolute Gasteiger partial charge is 0.382 e. The predicted octanol–water partition coefficient (Wildman–Crippen LogP) is 2.50. The maximum atomic E-state index is 11.4. The molecule has 0 bridgehead atoms. The van der Waals surface area contributed by atoms with Crippen molar-refractivity contribution in [2.45, 2.75) is 18.2 Å². The fourth-order valence-electron chi connectivity index (χ4n) is 1.43. The van der Waals surface area contributed by atoms with Crippen LogP contribution in [0, 0.1) is 0 Å². The average molecular weight is 282 g/mol. The predicted molar refractivity (Wildman–Crippen MR) is 79.7 cm³/mol. The SMILES string of the molecule is CCOCCCNC(=O)NCCSc1ccccc1. The Hall–Kier alpha value is -1.20. The molecule has 5 heteroatoms. The molecule has 0 spiro atoms. The molecule has 2 amide bonds. The van der Waals surface area contributed by atoms with Gasteiger partial charge in [-0.3, -0.25) is 0 Å². The van der Waals surface area contributed by atoms with Gasteiger partial charge >= 0.3 is 6.03 Å². The number of carbonyl (C=O) groups excluding carboxylic acids is 1. The minimum atomic E-state index is -0.106. The van der Waals surface area contributed by atoms with Crippen molar-refractivity contribution in [1.82, 2.24) is 10.6 Å². The van der Waals surface area contributed by atoms with Crippen LogP contribution in [0.2, 0.25) is 0 Å². The number of rotatable bonds is 9. The molecule has 106 valence electrons. The van der Waals surface area contributed by atoms with Crippen LogP contribution in [0.15, 0.2) is 35.2 Å². The van der Waals surface area contributed by atoms with Crippen molar-refractivity contribution in [3.8, 4) is 0 Å². The molecule has 0 saturated carbocycles. The zero-order valence-corrected chi connectivity index (χ0v) is 12.2. The fraction of sp³-hybridized carbons (Fsp3) is 0.500. The lowest BCUT2D eigenvalue weighted by molar-refractivity contribution is 0.145. The third-order valence-corrected chi connectivity index (χ3v) is 3.37. The highest BCUT2D eigenvalue weighted by atomic mass is 32.2. The summed E-state index contributed by atoms with van der Waals surface area (Å²) in [5.41, 5.74) is 0. The molecule has 1 rings (SSSR count). The van der Waals surface area contributed by atoms with E-state index in [1.807, 2.05) is 25.1 Å². The first-order valence-electron chi connectivity index (χ1n) is 6.60. The first-order valence-corrected chi connectivity index (χ1v) is 7.58. The summed E-state index contributed by atoms with van der Waals surface area (Å²) in [6.45, 7) is 4.70. The van der Waals surface area contributed by atoms with E-state index in [0.29, 0.717) is 19.7 Å². The lowest BCUT2D eigenvalue weighted by Gasteiger charge is -2.07. The van der Waals surface area contributed by atoms with E-state index in [2.05, 4.69) is 22.8 Å². The van der Waals surface area contributed by atoms with Crippen LogP contribution in [0.3, 0.4) is 0 Å². The summed E-state index contributed by atoms with van der Waals surface area (Å²) in [4.78, 5) is 12.6. The van der Waals surface area contributed by atoms with E-state index in [-0.39, 0.29) is 6.03 Å². The minimum absolute atomic E-state index is 0.106. The molecule has 0 aliphatic heterocycles. The molecule has 0 fully saturated rings. The van der Waals surface area contributed by atoms with E-state index in [4.69, 9.17) is 4.74 Å². The Balaban J connectivity index is 1.95. The Kier molecular flexibility index (Phi) is 8.93. The molecule has 4 nitrogen and oxygen atoms in total. The van der Waals surface area contributed by atoms with E-state index in [0.717, 1.165) is 18.8 Å². The molecule has 19 heavy (non-hydrogen) atoms. The van der Waals surface area contributed by atoms with Crippen LogP contribution in [0.5, 0.6) is 0 Å². The second kappa shape index (κ2) is 10.7. The van der Waals surface area contributed by atoms with Gasteiger partial charge in [0.05, 0.1) is 0 Å². The van der Waals surface area contributed by atoms with Crippen molar-refractivity contribution in [3.05, 3.63) is 30.3 Å². The van der Waals surface area contributed by atoms with Gasteiger partial charge in [0.1, 0.15) is 0 Å². The molecule has 0 aliphatic rings. The van der Waals surface area contributed by atoms with Crippen molar-refractivity contribution < 1.29 is 9.53 Å². The van der Waals surface area contributed by atoms with Gasteiger partial charge in [0.15, 0.2) is 0 Å². The second-order valence-electron chi connectivity index (χ2n) is 3.89. The molecule has 1 aromatic rings. The standard InChI is InChI=1S/C14H22N2O2S/c1-2-18-11-6-9-15-14(17)16-10-12-19-13-7-4-3-5-8-13/h3-5,7-8H,2,6,9-12H2,1H3,(H2,15,16,17). The van der Waals surface area contributed by atoms with E-state index < -0.39 is 0 Å². The molecule has 0 unspecified atom stereocenters. The number of amides is 2. The highest BCUT2D eigenvalue weighted by Gasteiger charge is 1.98. The molecule has 0 aliphatic carbocycles. The van der Waals surface area contributed by atoms with Crippen LogP contribution in [-0.4, -0.2) is 38.1 Å². The van der Waals surface area contributed by atoms with Crippen LogP contribution >= 0.6 is 11.8 Å². The molecule has 0 radical (unpaired) electrons. The zero-order chi connectivity index (χ0) is 13.8. The van der Waals surface area contributed by atoms with Gasteiger partial charge in [-0.25, -0.2) is 4.79 Å². The first kappa shape index (κ1) is 15.9. The summed E-state index contributed by atoms with van der Waals surface area (Å²) in [7, 11) is 0. The summed E-state index contributed by atoms with van der Waals surface area (Å²) >= 11 is 1.73. The molecular weight excluding hydrogens is 260 g/mol. The zero-order valence-electron chi connectivity index (χ0n) is 11.4. The van der Waals surface area contributed by atoms with Gasteiger partial charge in [-0.2, -0.15) is 0 Å². The number of carbonyl (C=O) groups is 1. The third-order valence-electron chi connectivity index (χ3n) is 2.35. The Morgan fingerprint density at radius 2 is 1.95 bits per heavy atom. The molecule has 0 heterocycles. The number of hydrogen-bond acceptors (Lipinski definition) is 3. The monoisotopic (exact) mass is 282 g/mol. The lowest BCUT2D eigenvalue weighted by atomic mass is 10.4. The van der Waals surface area contributed by atoms with E-state index in [1.54, 1.807) is 11.8 Å². The van der Waals surface area contributed by atoms with Crippen LogP contribution in [-0.2, 0) is 4.74 Å². The van der Waals surface area contributed by atoms with Gasteiger partial charge in [-0.1, -0.05) is 18.2 Å². The van der Waals surface area contributed by atoms with E-state index >= 15 is 0 Å². The Bertz CT molecular complexity index is 347. The highest BCUT2D eigenvalue weighted by molar-refractivity contribution is 7.99. The van der Waals surface area contributed by atoms with Gasteiger partial charge in [0.2, 0.25) is 0 Å². The minimum Gasteiger partial charge on any atom is -0.382 e. The maximum absolute atomic E-state index is 11.4. The van der Waals surface area contributed by atoms with E-state index in [1.165, 1.54) is 4.90 Å². The van der Waals surface area contributed by atoms with E-state index in [9.17, 15) is 4.79 Å². The quantitative estimate of drug-likeness (QED) is 0.540. The van der Waals surface area contributed by atoms with Crippen LogP contribution < -0.4 is 10.6 Å². The average Bonchev–Trinajstić information content (AvgIpc) is 2.44. The Labute approximate surface area is 119 Å². The first-order chi connectivity index (χ1) is 9.33. The topological polar surface area (TPSA) is 50.4 Å². The smallest absolute Gasteiger partial charge is 0.314 e. The number of hydrogen-bond donors (Lipinski definition) is 2. The van der Waals surface area contributed by atoms with Crippen molar-refractivity contribution in [2.75, 3.05) is 32.1 Å². The summed E-state index contributed by atoms with van der Waals surface area (Å²) in [6.07, 6.45) is 0.847. The number of urea groups is 1. The van der Waals surface area contributed by atoms with Gasteiger partial charge < -0.3 is 15.4 Å². The molecule has 0 atom stereocenters. The summed E-state index contributed by atoms with van der Waals surface area (Å²) in [5.74, 6) is 0.871.